The summed E-state index contributed by atoms with van der Waals surface area (Å²) in [7, 11) is 0. The zero-order valence-electron chi connectivity index (χ0n) is 13.4. The SMILES string of the molecule is CCCNCc1ccncc1N1CCC2(CCCC2)CC1. The molecule has 2 heterocycles. The lowest BCUT2D eigenvalue weighted by molar-refractivity contribution is 0.226. The van der Waals surface area contributed by atoms with Crippen molar-refractivity contribution in [2.75, 3.05) is 24.5 Å². The minimum atomic E-state index is 0.694. The van der Waals surface area contributed by atoms with E-state index in [4.69, 9.17) is 0 Å². The number of anilines is 1. The van der Waals surface area contributed by atoms with Gasteiger partial charge in [0.25, 0.3) is 0 Å². The second kappa shape index (κ2) is 6.78. The van der Waals surface area contributed by atoms with E-state index in [9.17, 15) is 0 Å². The summed E-state index contributed by atoms with van der Waals surface area (Å²) in [5, 5.41) is 3.52. The monoisotopic (exact) mass is 287 g/mol. The van der Waals surface area contributed by atoms with Gasteiger partial charge in [-0.2, -0.15) is 0 Å². The Morgan fingerprint density at radius 3 is 2.67 bits per heavy atom. The summed E-state index contributed by atoms with van der Waals surface area (Å²) in [6, 6.07) is 2.18. The summed E-state index contributed by atoms with van der Waals surface area (Å²) in [6.45, 7) is 6.70. The molecule has 1 aromatic heterocycles. The first-order valence-corrected chi connectivity index (χ1v) is 8.72. The lowest BCUT2D eigenvalue weighted by Crippen LogP contribution is -2.39. The summed E-state index contributed by atoms with van der Waals surface area (Å²) in [4.78, 5) is 6.94. The van der Waals surface area contributed by atoms with Gasteiger partial charge in [-0.05, 0) is 55.7 Å². The second-order valence-corrected chi connectivity index (χ2v) is 6.88. The Bertz CT molecular complexity index is 442. The molecular formula is C18H29N3. The molecule has 2 aliphatic rings. The predicted octanol–water partition coefficient (Wildman–Crippen LogP) is 3.74. The minimum Gasteiger partial charge on any atom is -0.370 e. The van der Waals surface area contributed by atoms with Crippen LogP contribution in [0.5, 0.6) is 0 Å². The van der Waals surface area contributed by atoms with Gasteiger partial charge in [-0.15, -0.1) is 0 Å². The lowest BCUT2D eigenvalue weighted by atomic mass is 9.77. The highest BCUT2D eigenvalue weighted by molar-refractivity contribution is 5.52. The molecular weight excluding hydrogens is 258 g/mol. The van der Waals surface area contributed by atoms with E-state index in [1.54, 1.807) is 0 Å². The first-order chi connectivity index (χ1) is 10.3. The van der Waals surface area contributed by atoms with Crippen LogP contribution in [0.25, 0.3) is 0 Å². The first kappa shape index (κ1) is 14.8. The number of aromatic nitrogens is 1. The van der Waals surface area contributed by atoms with Crippen LogP contribution >= 0.6 is 0 Å². The third-order valence-corrected chi connectivity index (χ3v) is 5.46. The molecule has 0 unspecified atom stereocenters. The fourth-order valence-electron chi connectivity index (χ4n) is 4.10. The van der Waals surface area contributed by atoms with E-state index in [-0.39, 0.29) is 0 Å². The van der Waals surface area contributed by atoms with Crippen LogP contribution in [0.3, 0.4) is 0 Å². The Balaban J connectivity index is 1.64. The number of piperidine rings is 1. The number of nitrogens with zero attached hydrogens (tertiary/aromatic N) is 2. The topological polar surface area (TPSA) is 28.2 Å². The van der Waals surface area contributed by atoms with E-state index in [2.05, 4.69) is 34.4 Å². The van der Waals surface area contributed by atoms with Crippen molar-refractivity contribution in [1.82, 2.24) is 10.3 Å². The van der Waals surface area contributed by atoms with Gasteiger partial charge in [0.1, 0.15) is 0 Å². The van der Waals surface area contributed by atoms with Crippen molar-refractivity contribution in [3.63, 3.8) is 0 Å². The molecule has 3 rings (SSSR count). The molecule has 1 N–H and O–H groups in total. The normalized spacial score (nSPS) is 21.1. The fraction of sp³-hybridized carbons (Fsp3) is 0.722. The van der Waals surface area contributed by atoms with Gasteiger partial charge in [-0.3, -0.25) is 4.98 Å². The van der Waals surface area contributed by atoms with Crippen molar-refractivity contribution in [3.8, 4) is 0 Å². The van der Waals surface area contributed by atoms with Gasteiger partial charge in [0.2, 0.25) is 0 Å². The summed E-state index contributed by atoms with van der Waals surface area (Å²) in [5.74, 6) is 0. The van der Waals surface area contributed by atoms with Crippen LogP contribution in [0.15, 0.2) is 18.5 Å². The largest absolute Gasteiger partial charge is 0.370 e. The van der Waals surface area contributed by atoms with E-state index in [0.29, 0.717) is 5.41 Å². The average Bonchev–Trinajstić information content (AvgIpc) is 2.97. The zero-order valence-corrected chi connectivity index (χ0v) is 13.4. The maximum absolute atomic E-state index is 4.37. The molecule has 0 atom stereocenters. The number of pyridine rings is 1. The zero-order chi connectivity index (χ0) is 14.5. The summed E-state index contributed by atoms with van der Waals surface area (Å²) in [6.07, 6.45) is 13.8. The Kier molecular flexibility index (Phi) is 4.79. The van der Waals surface area contributed by atoms with E-state index < -0.39 is 0 Å². The van der Waals surface area contributed by atoms with Crippen molar-refractivity contribution in [3.05, 3.63) is 24.0 Å². The van der Waals surface area contributed by atoms with E-state index in [0.717, 1.165) is 13.1 Å². The van der Waals surface area contributed by atoms with Gasteiger partial charge in [0, 0.05) is 25.8 Å². The predicted molar refractivity (Wildman–Crippen MR) is 88.6 cm³/mol. The maximum atomic E-state index is 4.37. The molecule has 1 saturated carbocycles. The van der Waals surface area contributed by atoms with E-state index in [1.165, 1.54) is 69.3 Å². The van der Waals surface area contributed by atoms with Crippen molar-refractivity contribution < 1.29 is 0 Å². The summed E-state index contributed by atoms with van der Waals surface area (Å²) < 4.78 is 0. The van der Waals surface area contributed by atoms with Crippen LogP contribution in [-0.4, -0.2) is 24.6 Å². The van der Waals surface area contributed by atoms with Gasteiger partial charge in [-0.1, -0.05) is 19.8 Å². The van der Waals surface area contributed by atoms with Crippen molar-refractivity contribution in [1.29, 1.82) is 0 Å². The molecule has 3 heteroatoms. The molecule has 0 bridgehead atoms. The molecule has 1 spiro atoms. The fourth-order valence-corrected chi connectivity index (χ4v) is 4.10. The standard InChI is InChI=1S/C18H29N3/c1-2-10-19-14-16-5-11-20-15-17(16)21-12-8-18(9-13-21)6-3-4-7-18/h5,11,15,19H,2-4,6-10,12-14H2,1H3. The van der Waals surface area contributed by atoms with E-state index >= 15 is 0 Å². The van der Waals surface area contributed by atoms with Crippen LogP contribution < -0.4 is 10.2 Å². The van der Waals surface area contributed by atoms with Crippen LogP contribution in [0.1, 0.15) is 57.4 Å². The molecule has 1 saturated heterocycles. The molecule has 116 valence electrons. The van der Waals surface area contributed by atoms with Crippen LogP contribution in [0.4, 0.5) is 5.69 Å². The van der Waals surface area contributed by atoms with E-state index in [1.807, 2.05) is 6.20 Å². The molecule has 21 heavy (non-hydrogen) atoms. The number of nitrogens with one attached hydrogen (secondary N) is 1. The number of rotatable bonds is 5. The first-order valence-electron chi connectivity index (χ1n) is 8.72. The highest BCUT2D eigenvalue weighted by atomic mass is 15.1. The lowest BCUT2D eigenvalue weighted by Gasteiger charge is -2.41. The quantitative estimate of drug-likeness (QED) is 0.836. The van der Waals surface area contributed by atoms with Crippen molar-refractivity contribution in [2.24, 2.45) is 5.41 Å². The molecule has 2 fully saturated rings. The Morgan fingerprint density at radius 1 is 1.19 bits per heavy atom. The van der Waals surface area contributed by atoms with Gasteiger partial charge in [-0.25, -0.2) is 0 Å². The van der Waals surface area contributed by atoms with Gasteiger partial charge in [0.05, 0.1) is 11.9 Å². The third-order valence-electron chi connectivity index (χ3n) is 5.46. The highest BCUT2D eigenvalue weighted by Gasteiger charge is 2.37. The number of hydrogen-bond donors (Lipinski definition) is 1. The van der Waals surface area contributed by atoms with Crippen molar-refractivity contribution >= 4 is 5.69 Å². The Hall–Kier alpha value is -1.09. The summed E-state index contributed by atoms with van der Waals surface area (Å²) >= 11 is 0. The molecule has 1 aromatic rings. The van der Waals surface area contributed by atoms with Crippen LogP contribution in [0, 0.1) is 5.41 Å². The third kappa shape index (κ3) is 3.39. The molecule has 0 amide bonds. The molecule has 3 nitrogen and oxygen atoms in total. The van der Waals surface area contributed by atoms with Crippen LogP contribution in [-0.2, 0) is 6.54 Å². The second-order valence-electron chi connectivity index (χ2n) is 6.88. The average molecular weight is 287 g/mol. The van der Waals surface area contributed by atoms with Gasteiger partial charge < -0.3 is 10.2 Å². The van der Waals surface area contributed by atoms with Gasteiger partial charge in [0.15, 0.2) is 0 Å². The Labute approximate surface area is 129 Å². The maximum Gasteiger partial charge on any atom is 0.0598 e. The molecule has 1 aliphatic heterocycles. The summed E-state index contributed by atoms with van der Waals surface area (Å²) in [5.41, 5.74) is 3.45. The highest BCUT2D eigenvalue weighted by Crippen LogP contribution is 2.46. The van der Waals surface area contributed by atoms with Gasteiger partial charge >= 0.3 is 0 Å². The molecule has 0 radical (unpaired) electrons. The minimum absolute atomic E-state index is 0.694. The Morgan fingerprint density at radius 2 is 1.95 bits per heavy atom. The molecule has 0 aromatic carbocycles. The van der Waals surface area contributed by atoms with Crippen molar-refractivity contribution in [2.45, 2.75) is 58.4 Å². The smallest absolute Gasteiger partial charge is 0.0598 e. The molecule has 1 aliphatic carbocycles. The number of hydrogen-bond acceptors (Lipinski definition) is 3. The van der Waals surface area contributed by atoms with Crippen LogP contribution in [0.2, 0.25) is 0 Å².